The highest BCUT2D eigenvalue weighted by Crippen LogP contribution is 2.23. The maximum atomic E-state index is 13.2. The number of ether oxygens (including phenoxy) is 3. The molecule has 1 saturated heterocycles. The largest absolute Gasteiger partial charge is 0.444 e. The van der Waals surface area contributed by atoms with E-state index in [1.54, 1.807) is 45.9 Å². The summed E-state index contributed by atoms with van der Waals surface area (Å²) in [6, 6.07) is 4.16. The summed E-state index contributed by atoms with van der Waals surface area (Å²) < 4.78 is 16.1. The van der Waals surface area contributed by atoms with Crippen molar-refractivity contribution in [2.45, 2.75) is 52.2 Å². The fourth-order valence-electron chi connectivity index (χ4n) is 3.56. The molecule has 0 saturated carbocycles. The zero-order valence-electron chi connectivity index (χ0n) is 21.8. The van der Waals surface area contributed by atoms with Crippen molar-refractivity contribution in [3.8, 4) is 0 Å². The van der Waals surface area contributed by atoms with Crippen LogP contribution < -0.4 is 16.0 Å². The van der Waals surface area contributed by atoms with Crippen molar-refractivity contribution in [1.82, 2.24) is 15.5 Å². The summed E-state index contributed by atoms with van der Waals surface area (Å²) in [6.45, 7) is 9.10. The first-order valence-corrected chi connectivity index (χ1v) is 12.1. The van der Waals surface area contributed by atoms with Gasteiger partial charge in [0, 0.05) is 25.2 Å². The third-order valence-electron chi connectivity index (χ3n) is 5.23. The number of aryl methyl sites for hydroxylation is 1. The molecule has 1 heterocycles. The number of hydrogen-bond acceptors (Lipinski definition) is 9. The molecule has 12 heteroatoms. The van der Waals surface area contributed by atoms with Gasteiger partial charge in [-0.3, -0.25) is 29.4 Å². The lowest BCUT2D eigenvalue weighted by molar-refractivity contribution is -0.139. The van der Waals surface area contributed by atoms with Gasteiger partial charge < -0.3 is 24.8 Å². The van der Waals surface area contributed by atoms with Crippen LogP contribution in [0.2, 0.25) is 0 Å². The van der Waals surface area contributed by atoms with E-state index < -0.39 is 35.5 Å². The number of nitrogens with zero attached hydrogens (tertiary/aromatic N) is 1. The van der Waals surface area contributed by atoms with Gasteiger partial charge in [-0.15, -0.1) is 0 Å². The number of hydrogen-bond donors (Lipinski definition) is 3. The van der Waals surface area contributed by atoms with Gasteiger partial charge in [0.1, 0.15) is 11.6 Å². The van der Waals surface area contributed by atoms with E-state index in [4.69, 9.17) is 14.2 Å². The van der Waals surface area contributed by atoms with Crippen molar-refractivity contribution in [1.29, 1.82) is 0 Å². The van der Waals surface area contributed by atoms with E-state index in [2.05, 4.69) is 16.0 Å². The average molecular weight is 521 g/mol. The highest BCUT2D eigenvalue weighted by molar-refractivity contribution is 6.09. The Balaban J connectivity index is 1.76. The van der Waals surface area contributed by atoms with Crippen LogP contribution in [0.5, 0.6) is 0 Å². The zero-order chi connectivity index (χ0) is 27.4. The highest BCUT2D eigenvalue weighted by Gasteiger charge is 2.35. The molecule has 5 amide bonds. The molecule has 204 valence electrons. The Hall–Kier alpha value is -3.51. The lowest BCUT2D eigenvalue weighted by Crippen LogP contribution is -2.54. The summed E-state index contributed by atoms with van der Waals surface area (Å²) in [5, 5.41) is 7.90. The quantitative estimate of drug-likeness (QED) is 0.199. The van der Waals surface area contributed by atoms with Crippen LogP contribution in [0.3, 0.4) is 0 Å². The maximum absolute atomic E-state index is 13.2. The van der Waals surface area contributed by atoms with Gasteiger partial charge in [-0.05, 0) is 45.7 Å². The number of carbonyl (C=O) groups is 5. The Kier molecular flexibility index (Phi) is 11.5. The van der Waals surface area contributed by atoms with Crippen LogP contribution in [0.25, 0.3) is 0 Å². The first-order valence-electron chi connectivity index (χ1n) is 12.1. The summed E-state index contributed by atoms with van der Waals surface area (Å²) in [7, 11) is 0. The number of imide groups is 2. The number of benzene rings is 1. The number of amides is 5. The molecule has 1 aromatic carbocycles. The molecule has 1 aliphatic heterocycles. The lowest BCUT2D eigenvalue weighted by Gasteiger charge is -2.29. The number of piperidine rings is 1. The van der Waals surface area contributed by atoms with E-state index in [1.807, 2.05) is 0 Å². The van der Waals surface area contributed by atoms with Crippen LogP contribution in [0, 0.1) is 6.92 Å². The molecule has 1 fully saturated rings. The number of nitrogens with one attached hydrogen (secondary N) is 3. The first-order chi connectivity index (χ1) is 17.5. The fourth-order valence-corrected chi connectivity index (χ4v) is 3.56. The van der Waals surface area contributed by atoms with E-state index in [1.165, 1.54) is 0 Å². The zero-order valence-corrected chi connectivity index (χ0v) is 21.8. The first kappa shape index (κ1) is 29.7. The summed E-state index contributed by atoms with van der Waals surface area (Å²) in [5.74, 6) is -1.73. The second-order valence-electron chi connectivity index (χ2n) is 9.36. The van der Waals surface area contributed by atoms with Crippen molar-refractivity contribution in [3.05, 3.63) is 29.3 Å². The monoisotopic (exact) mass is 520 g/mol. The van der Waals surface area contributed by atoms with E-state index in [-0.39, 0.29) is 18.4 Å². The summed E-state index contributed by atoms with van der Waals surface area (Å²) in [4.78, 5) is 61.0. The Morgan fingerprint density at radius 3 is 2.41 bits per heavy atom. The Labute approximate surface area is 216 Å². The van der Waals surface area contributed by atoms with Gasteiger partial charge in [0.05, 0.1) is 32.0 Å². The predicted octanol–water partition coefficient (Wildman–Crippen LogP) is 1.37. The topological polar surface area (TPSA) is 152 Å². The maximum Gasteiger partial charge on any atom is 0.407 e. The molecule has 12 nitrogen and oxygen atoms in total. The van der Waals surface area contributed by atoms with Gasteiger partial charge in [0.2, 0.25) is 18.2 Å². The summed E-state index contributed by atoms with van der Waals surface area (Å²) >= 11 is 0. The molecule has 37 heavy (non-hydrogen) atoms. The van der Waals surface area contributed by atoms with Gasteiger partial charge in [0.15, 0.2) is 0 Å². The highest BCUT2D eigenvalue weighted by atomic mass is 16.6. The Morgan fingerprint density at radius 2 is 1.78 bits per heavy atom. The van der Waals surface area contributed by atoms with Gasteiger partial charge in [-0.1, -0.05) is 12.1 Å². The molecular formula is C25H36N4O8. The van der Waals surface area contributed by atoms with E-state index in [0.717, 1.165) is 4.90 Å². The van der Waals surface area contributed by atoms with Crippen molar-refractivity contribution in [2.75, 3.05) is 44.8 Å². The van der Waals surface area contributed by atoms with Crippen molar-refractivity contribution in [2.24, 2.45) is 0 Å². The van der Waals surface area contributed by atoms with Crippen LogP contribution in [-0.2, 0) is 28.6 Å². The van der Waals surface area contributed by atoms with Crippen LogP contribution >= 0.6 is 0 Å². The molecule has 1 aromatic rings. The molecule has 0 spiro atoms. The van der Waals surface area contributed by atoms with E-state index in [0.29, 0.717) is 57.2 Å². The molecule has 0 aliphatic carbocycles. The van der Waals surface area contributed by atoms with Crippen LogP contribution in [0.15, 0.2) is 18.2 Å². The van der Waals surface area contributed by atoms with Crippen LogP contribution in [-0.4, -0.2) is 86.3 Å². The molecule has 1 aliphatic rings. The van der Waals surface area contributed by atoms with Crippen molar-refractivity contribution < 1.29 is 38.2 Å². The number of carbonyl (C=O) groups excluding carboxylic acids is 5. The molecule has 0 bridgehead atoms. The Morgan fingerprint density at radius 1 is 1.11 bits per heavy atom. The number of rotatable bonds is 13. The molecular weight excluding hydrogens is 484 g/mol. The number of anilines is 1. The number of alkyl carbamates (subject to hydrolysis) is 1. The van der Waals surface area contributed by atoms with Gasteiger partial charge in [-0.25, -0.2) is 4.79 Å². The summed E-state index contributed by atoms with van der Waals surface area (Å²) in [5.41, 5.74) is 0.835. The van der Waals surface area contributed by atoms with Crippen molar-refractivity contribution in [3.63, 3.8) is 0 Å². The van der Waals surface area contributed by atoms with Crippen LogP contribution in [0.4, 0.5) is 10.5 Å². The normalized spacial score (nSPS) is 15.5. The average Bonchev–Trinajstić information content (AvgIpc) is 2.80. The standard InChI is InChI=1S/C25H36N4O8/c1-17-6-5-7-18(21(17)23(33)29(16-30)19-8-9-20(31)28-22(19)32)26-10-12-35-14-15-36-13-11-27-24(34)37-25(2,3)4/h5-7,16,19,26H,8-15H2,1-4H3,(H,27,34)(H,28,31,32). The summed E-state index contributed by atoms with van der Waals surface area (Å²) in [6.07, 6.45) is -0.0452. The van der Waals surface area contributed by atoms with Crippen LogP contribution in [0.1, 0.15) is 49.5 Å². The molecule has 0 aromatic heterocycles. The third kappa shape index (κ3) is 9.81. The van der Waals surface area contributed by atoms with Crippen molar-refractivity contribution >= 4 is 35.9 Å². The van der Waals surface area contributed by atoms with Gasteiger partial charge >= 0.3 is 6.09 Å². The Bertz CT molecular complexity index is 976. The lowest BCUT2D eigenvalue weighted by atomic mass is 10.0. The molecule has 0 radical (unpaired) electrons. The minimum Gasteiger partial charge on any atom is -0.444 e. The fraction of sp³-hybridized carbons (Fsp3) is 0.560. The molecule has 2 rings (SSSR count). The smallest absolute Gasteiger partial charge is 0.407 e. The van der Waals surface area contributed by atoms with Gasteiger partial charge in [0.25, 0.3) is 5.91 Å². The molecule has 3 N–H and O–H groups in total. The van der Waals surface area contributed by atoms with E-state index >= 15 is 0 Å². The SMILES string of the molecule is Cc1cccc(NCCOCCOCCNC(=O)OC(C)(C)C)c1C(=O)N(C=O)C1CCC(=O)NC1=O. The second kappa shape index (κ2) is 14.3. The second-order valence-corrected chi connectivity index (χ2v) is 9.36. The molecule has 1 unspecified atom stereocenters. The molecule has 1 atom stereocenters. The minimum atomic E-state index is -1.04. The minimum absolute atomic E-state index is 0.0498. The predicted molar refractivity (Wildman–Crippen MR) is 134 cm³/mol. The third-order valence-corrected chi connectivity index (χ3v) is 5.23. The van der Waals surface area contributed by atoms with Gasteiger partial charge in [-0.2, -0.15) is 0 Å². The van der Waals surface area contributed by atoms with E-state index in [9.17, 15) is 24.0 Å².